The fourth-order valence-electron chi connectivity index (χ4n) is 3.11. The summed E-state index contributed by atoms with van der Waals surface area (Å²) in [6, 6.07) is 0.456. The molecule has 0 aromatic carbocycles. The fourth-order valence-corrected chi connectivity index (χ4v) is 3.11. The normalized spacial score (nSPS) is 22.7. The topological polar surface area (TPSA) is 57.5 Å². The van der Waals surface area contributed by atoms with E-state index in [9.17, 15) is 0 Å². The van der Waals surface area contributed by atoms with Crippen LogP contribution in [0.5, 0.6) is 0 Å². The summed E-state index contributed by atoms with van der Waals surface area (Å²) in [6.45, 7) is 15.6. The van der Waals surface area contributed by atoms with Crippen molar-refractivity contribution in [3.63, 3.8) is 0 Å². The van der Waals surface area contributed by atoms with E-state index in [0.29, 0.717) is 12.0 Å². The third-order valence-corrected chi connectivity index (χ3v) is 4.49. The number of aromatic nitrogens is 2. The predicted molar refractivity (Wildman–Crippen MR) is 100 cm³/mol. The molecule has 1 fully saturated rings. The van der Waals surface area contributed by atoms with E-state index in [4.69, 9.17) is 4.99 Å². The third-order valence-electron chi connectivity index (χ3n) is 4.49. The molecule has 2 rings (SSSR count). The van der Waals surface area contributed by atoms with Crippen LogP contribution in [0.25, 0.3) is 0 Å². The van der Waals surface area contributed by atoms with Crippen molar-refractivity contribution < 1.29 is 0 Å². The molecule has 0 aliphatic carbocycles. The molecular formula is C18H34N6. The van der Waals surface area contributed by atoms with Crippen molar-refractivity contribution in [2.75, 3.05) is 32.7 Å². The minimum atomic E-state index is 0.140. The number of imidazole rings is 1. The number of piperidine rings is 1. The number of hydrogen-bond acceptors (Lipinski definition) is 3. The second-order valence-electron chi connectivity index (χ2n) is 7.70. The van der Waals surface area contributed by atoms with Crippen LogP contribution in [0.2, 0.25) is 0 Å². The van der Waals surface area contributed by atoms with Crippen molar-refractivity contribution in [1.82, 2.24) is 25.1 Å². The van der Waals surface area contributed by atoms with Gasteiger partial charge in [-0.05, 0) is 40.0 Å². The Bertz CT molecular complexity index is 502. The van der Waals surface area contributed by atoms with E-state index in [-0.39, 0.29) is 5.54 Å². The zero-order valence-corrected chi connectivity index (χ0v) is 15.9. The Morgan fingerprint density at radius 3 is 2.79 bits per heavy atom. The zero-order valence-electron chi connectivity index (χ0n) is 15.9. The predicted octanol–water partition coefficient (Wildman–Crippen LogP) is 2.12. The highest BCUT2D eigenvalue weighted by Crippen LogP contribution is 2.27. The lowest BCUT2D eigenvalue weighted by Gasteiger charge is -2.39. The van der Waals surface area contributed by atoms with E-state index in [0.717, 1.165) is 38.7 Å². The van der Waals surface area contributed by atoms with Gasteiger partial charge in [0.2, 0.25) is 0 Å². The largest absolute Gasteiger partial charge is 0.357 e. The Hall–Kier alpha value is -1.56. The van der Waals surface area contributed by atoms with E-state index >= 15 is 0 Å². The molecule has 2 unspecified atom stereocenters. The number of rotatable bonds is 5. The highest BCUT2D eigenvalue weighted by atomic mass is 15.3. The first-order valence-corrected chi connectivity index (χ1v) is 9.16. The molecule has 0 radical (unpaired) electrons. The molecular weight excluding hydrogens is 300 g/mol. The van der Waals surface area contributed by atoms with Crippen molar-refractivity contribution in [3.8, 4) is 0 Å². The summed E-state index contributed by atoms with van der Waals surface area (Å²) < 4.78 is 2.24. The second kappa shape index (κ2) is 8.51. The van der Waals surface area contributed by atoms with Crippen LogP contribution in [0.15, 0.2) is 23.7 Å². The SMILES string of the molecule is CCNC(=NCCNC(C)(C)C)N1CCC(C)C(n2ccnc2)C1. The Morgan fingerprint density at radius 1 is 1.38 bits per heavy atom. The lowest BCUT2D eigenvalue weighted by atomic mass is 9.93. The average Bonchev–Trinajstić information content (AvgIpc) is 3.04. The van der Waals surface area contributed by atoms with Gasteiger partial charge < -0.3 is 20.1 Å². The van der Waals surface area contributed by atoms with Gasteiger partial charge in [0, 0.05) is 44.1 Å². The first-order chi connectivity index (χ1) is 11.4. The molecule has 0 saturated carbocycles. The van der Waals surface area contributed by atoms with Crippen LogP contribution < -0.4 is 10.6 Å². The molecule has 6 heteroatoms. The number of nitrogens with one attached hydrogen (secondary N) is 2. The molecule has 136 valence electrons. The van der Waals surface area contributed by atoms with Crippen molar-refractivity contribution in [2.45, 2.75) is 52.6 Å². The molecule has 0 spiro atoms. The number of guanidine groups is 1. The molecule has 1 aliphatic rings. The summed E-state index contributed by atoms with van der Waals surface area (Å²) in [7, 11) is 0. The maximum Gasteiger partial charge on any atom is 0.194 e. The van der Waals surface area contributed by atoms with Crippen LogP contribution in [0.4, 0.5) is 0 Å². The van der Waals surface area contributed by atoms with E-state index < -0.39 is 0 Å². The molecule has 1 aromatic heterocycles. The highest BCUT2D eigenvalue weighted by Gasteiger charge is 2.28. The van der Waals surface area contributed by atoms with Crippen LogP contribution in [0.3, 0.4) is 0 Å². The van der Waals surface area contributed by atoms with Gasteiger partial charge in [-0.15, -0.1) is 0 Å². The van der Waals surface area contributed by atoms with Gasteiger partial charge in [-0.1, -0.05) is 6.92 Å². The van der Waals surface area contributed by atoms with Gasteiger partial charge in [-0.3, -0.25) is 4.99 Å². The average molecular weight is 335 g/mol. The lowest BCUT2D eigenvalue weighted by Crippen LogP contribution is -2.49. The third kappa shape index (κ3) is 5.51. The molecule has 1 aliphatic heterocycles. The van der Waals surface area contributed by atoms with E-state index in [1.807, 2.05) is 12.5 Å². The van der Waals surface area contributed by atoms with Crippen molar-refractivity contribution in [3.05, 3.63) is 18.7 Å². The first-order valence-electron chi connectivity index (χ1n) is 9.16. The minimum Gasteiger partial charge on any atom is -0.357 e. The number of likely N-dealkylation sites (tertiary alicyclic amines) is 1. The quantitative estimate of drug-likeness (QED) is 0.492. The van der Waals surface area contributed by atoms with Crippen LogP contribution in [0.1, 0.15) is 47.1 Å². The van der Waals surface area contributed by atoms with Crippen LogP contribution >= 0.6 is 0 Å². The highest BCUT2D eigenvalue weighted by molar-refractivity contribution is 5.80. The summed E-state index contributed by atoms with van der Waals surface area (Å²) in [5.41, 5.74) is 0.140. The van der Waals surface area contributed by atoms with E-state index in [1.165, 1.54) is 6.42 Å². The van der Waals surface area contributed by atoms with Gasteiger partial charge in [0.1, 0.15) is 0 Å². The summed E-state index contributed by atoms with van der Waals surface area (Å²) in [5, 5.41) is 6.95. The van der Waals surface area contributed by atoms with Crippen LogP contribution in [-0.4, -0.2) is 58.7 Å². The van der Waals surface area contributed by atoms with Gasteiger partial charge >= 0.3 is 0 Å². The Kier molecular flexibility index (Phi) is 6.66. The maximum atomic E-state index is 4.83. The van der Waals surface area contributed by atoms with Gasteiger partial charge in [0.15, 0.2) is 5.96 Å². The Labute approximate surface area is 146 Å². The van der Waals surface area contributed by atoms with E-state index in [2.05, 4.69) is 65.9 Å². The smallest absolute Gasteiger partial charge is 0.194 e. The second-order valence-corrected chi connectivity index (χ2v) is 7.70. The Balaban J connectivity index is 1.99. The zero-order chi connectivity index (χ0) is 17.6. The molecule has 0 bridgehead atoms. The maximum absolute atomic E-state index is 4.83. The van der Waals surface area contributed by atoms with Gasteiger partial charge in [0.25, 0.3) is 0 Å². The monoisotopic (exact) mass is 334 g/mol. The van der Waals surface area contributed by atoms with Gasteiger partial charge in [-0.25, -0.2) is 4.98 Å². The number of aliphatic imine (C=N–C) groups is 1. The molecule has 6 nitrogen and oxygen atoms in total. The minimum absolute atomic E-state index is 0.140. The molecule has 2 N–H and O–H groups in total. The number of hydrogen-bond donors (Lipinski definition) is 2. The molecule has 2 atom stereocenters. The Morgan fingerprint density at radius 2 is 2.17 bits per heavy atom. The first kappa shape index (κ1) is 18.8. The van der Waals surface area contributed by atoms with Gasteiger partial charge in [-0.2, -0.15) is 0 Å². The van der Waals surface area contributed by atoms with Crippen molar-refractivity contribution in [2.24, 2.45) is 10.9 Å². The molecule has 0 amide bonds. The van der Waals surface area contributed by atoms with E-state index in [1.54, 1.807) is 0 Å². The number of nitrogens with zero attached hydrogens (tertiary/aromatic N) is 4. The van der Waals surface area contributed by atoms with Crippen molar-refractivity contribution >= 4 is 5.96 Å². The standard InChI is InChI=1S/C18H34N6/c1-6-20-17(21-8-9-22-18(3,4)5)23-11-7-15(2)16(13-23)24-12-10-19-14-24/h10,12,14-16,22H,6-9,11,13H2,1-5H3,(H,20,21). The van der Waals surface area contributed by atoms with Crippen LogP contribution in [-0.2, 0) is 0 Å². The molecule has 2 heterocycles. The van der Waals surface area contributed by atoms with Crippen molar-refractivity contribution in [1.29, 1.82) is 0 Å². The summed E-state index contributed by atoms with van der Waals surface area (Å²) in [6.07, 6.45) is 7.04. The molecule has 1 aromatic rings. The summed E-state index contributed by atoms with van der Waals surface area (Å²) in [4.78, 5) is 11.4. The molecule has 24 heavy (non-hydrogen) atoms. The molecule has 1 saturated heterocycles. The van der Waals surface area contributed by atoms with Gasteiger partial charge in [0.05, 0.1) is 18.9 Å². The fraction of sp³-hybridized carbons (Fsp3) is 0.778. The lowest BCUT2D eigenvalue weighted by molar-refractivity contribution is 0.189. The van der Waals surface area contributed by atoms with Crippen LogP contribution in [0, 0.1) is 5.92 Å². The summed E-state index contributed by atoms with van der Waals surface area (Å²) in [5.74, 6) is 1.69. The summed E-state index contributed by atoms with van der Waals surface area (Å²) >= 11 is 0.